The minimum atomic E-state index is -0.374. The fourth-order valence-electron chi connectivity index (χ4n) is 2.79. The second-order valence-corrected chi connectivity index (χ2v) is 6.28. The molecule has 1 aliphatic heterocycles. The van der Waals surface area contributed by atoms with Crippen LogP contribution in [0.4, 0.5) is 5.69 Å². The highest BCUT2D eigenvalue weighted by atomic mass is 35.5. The van der Waals surface area contributed by atoms with Crippen LogP contribution in [0.1, 0.15) is 18.5 Å². The molecule has 0 saturated heterocycles. The van der Waals surface area contributed by atoms with Gasteiger partial charge in [0.1, 0.15) is 5.02 Å². The van der Waals surface area contributed by atoms with E-state index in [4.69, 9.17) is 21.1 Å². The number of benzene rings is 2. The van der Waals surface area contributed by atoms with Crippen molar-refractivity contribution < 1.29 is 9.47 Å². The third kappa shape index (κ3) is 2.99. The number of aromatic nitrogens is 2. The number of para-hydroxylation sites is 1. The summed E-state index contributed by atoms with van der Waals surface area (Å²) in [5.41, 5.74) is 1.75. The number of hydrogen-bond acceptors (Lipinski definition) is 5. The molecule has 1 N–H and O–H groups in total. The van der Waals surface area contributed by atoms with Crippen LogP contribution >= 0.6 is 11.6 Å². The largest absolute Gasteiger partial charge is 0.454 e. The van der Waals surface area contributed by atoms with E-state index in [9.17, 15) is 4.79 Å². The Morgan fingerprint density at radius 2 is 1.92 bits per heavy atom. The van der Waals surface area contributed by atoms with E-state index in [2.05, 4.69) is 10.4 Å². The van der Waals surface area contributed by atoms with Crippen LogP contribution in [0.2, 0.25) is 5.02 Å². The molecule has 1 unspecified atom stereocenters. The number of anilines is 1. The summed E-state index contributed by atoms with van der Waals surface area (Å²) in [6, 6.07) is 14.8. The molecule has 4 rings (SSSR count). The fourth-order valence-corrected chi connectivity index (χ4v) is 2.97. The Balaban J connectivity index is 1.60. The lowest BCUT2D eigenvalue weighted by atomic mass is 10.1. The molecule has 3 aromatic rings. The molecular weight excluding hydrogens is 354 g/mol. The first-order chi connectivity index (χ1) is 12.6. The molecule has 26 heavy (non-hydrogen) atoms. The van der Waals surface area contributed by atoms with Crippen molar-refractivity contribution in [2.24, 2.45) is 0 Å². The van der Waals surface area contributed by atoms with Crippen molar-refractivity contribution in [2.45, 2.75) is 13.0 Å². The maximum absolute atomic E-state index is 12.6. The van der Waals surface area contributed by atoms with Gasteiger partial charge in [0.05, 0.1) is 17.6 Å². The molecular formula is C19H16ClN3O3. The standard InChI is InChI=1S/C19H16ClN3O3/c1-12(13-7-8-16-17(9-13)26-11-25-16)22-15-10-21-23(19(24)18(15)20)14-5-3-2-4-6-14/h2-10,12,22H,11H2,1H3. The van der Waals surface area contributed by atoms with E-state index >= 15 is 0 Å². The highest BCUT2D eigenvalue weighted by molar-refractivity contribution is 6.33. The second-order valence-electron chi connectivity index (χ2n) is 5.90. The van der Waals surface area contributed by atoms with Crippen molar-refractivity contribution in [2.75, 3.05) is 12.1 Å². The summed E-state index contributed by atoms with van der Waals surface area (Å²) < 4.78 is 12.0. The lowest BCUT2D eigenvalue weighted by Gasteiger charge is -2.17. The Morgan fingerprint density at radius 1 is 1.15 bits per heavy atom. The zero-order valence-electron chi connectivity index (χ0n) is 14.0. The van der Waals surface area contributed by atoms with Gasteiger partial charge in [0, 0.05) is 6.04 Å². The van der Waals surface area contributed by atoms with E-state index in [-0.39, 0.29) is 23.4 Å². The minimum Gasteiger partial charge on any atom is -0.454 e. The zero-order chi connectivity index (χ0) is 18.1. The van der Waals surface area contributed by atoms with E-state index in [0.717, 1.165) is 11.3 Å². The minimum absolute atomic E-state index is 0.0939. The summed E-state index contributed by atoms with van der Waals surface area (Å²) in [7, 11) is 0. The topological polar surface area (TPSA) is 65.4 Å². The smallest absolute Gasteiger partial charge is 0.292 e. The number of nitrogens with one attached hydrogen (secondary N) is 1. The van der Waals surface area contributed by atoms with E-state index in [1.807, 2.05) is 43.3 Å². The third-order valence-corrected chi connectivity index (χ3v) is 4.55. The van der Waals surface area contributed by atoms with Gasteiger partial charge in [0.25, 0.3) is 5.56 Å². The maximum Gasteiger partial charge on any atom is 0.292 e. The molecule has 1 aromatic heterocycles. The van der Waals surface area contributed by atoms with Gasteiger partial charge < -0.3 is 14.8 Å². The van der Waals surface area contributed by atoms with Crippen molar-refractivity contribution in [3.63, 3.8) is 0 Å². The number of fused-ring (bicyclic) bond motifs is 1. The molecule has 0 amide bonds. The fraction of sp³-hybridized carbons (Fsp3) is 0.158. The van der Waals surface area contributed by atoms with Crippen molar-refractivity contribution in [1.82, 2.24) is 9.78 Å². The number of halogens is 1. The van der Waals surface area contributed by atoms with Gasteiger partial charge >= 0.3 is 0 Å². The number of rotatable bonds is 4. The number of nitrogens with zero attached hydrogens (tertiary/aromatic N) is 2. The molecule has 2 heterocycles. The van der Waals surface area contributed by atoms with Crippen LogP contribution in [-0.4, -0.2) is 16.6 Å². The van der Waals surface area contributed by atoms with Gasteiger partial charge in [-0.2, -0.15) is 9.78 Å². The molecule has 0 radical (unpaired) electrons. The van der Waals surface area contributed by atoms with Crippen LogP contribution in [0, 0.1) is 0 Å². The third-order valence-electron chi connectivity index (χ3n) is 4.19. The van der Waals surface area contributed by atoms with Crippen molar-refractivity contribution in [3.8, 4) is 17.2 Å². The van der Waals surface area contributed by atoms with Gasteiger partial charge in [-0.25, -0.2) is 0 Å². The van der Waals surface area contributed by atoms with Gasteiger partial charge in [0.2, 0.25) is 6.79 Å². The number of ether oxygens (including phenoxy) is 2. The Labute approximate surface area is 154 Å². The summed E-state index contributed by atoms with van der Waals surface area (Å²) in [4.78, 5) is 12.6. The maximum atomic E-state index is 12.6. The Bertz CT molecular complexity index is 1000. The zero-order valence-corrected chi connectivity index (χ0v) is 14.7. The predicted molar refractivity (Wildman–Crippen MR) is 99.4 cm³/mol. The average Bonchev–Trinajstić information content (AvgIpc) is 3.14. The SMILES string of the molecule is CC(Nc1cnn(-c2ccccc2)c(=O)c1Cl)c1ccc2c(c1)OCO2. The van der Waals surface area contributed by atoms with Crippen LogP contribution in [0.5, 0.6) is 11.5 Å². The van der Waals surface area contributed by atoms with Gasteiger partial charge in [-0.1, -0.05) is 35.9 Å². The van der Waals surface area contributed by atoms with E-state index in [1.54, 1.807) is 18.3 Å². The van der Waals surface area contributed by atoms with Gasteiger partial charge in [0.15, 0.2) is 11.5 Å². The van der Waals surface area contributed by atoms with Crippen molar-refractivity contribution >= 4 is 17.3 Å². The normalized spacial score (nSPS) is 13.5. The van der Waals surface area contributed by atoms with Crippen LogP contribution in [0.25, 0.3) is 5.69 Å². The van der Waals surface area contributed by atoms with Crippen LogP contribution in [-0.2, 0) is 0 Å². The lowest BCUT2D eigenvalue weighted by molar-refractivity contribution is 0.174. The lowest BCUT2D eigenvalue weighted by Crippen LogP contribution is -2.23. The predicted octanol–water partition coefficient (Wildman–Crippen LogP) is 3.79. The first kappa shape index (κ1) is 16.5. The van der Waals surface area contributed by atoms with Gasteiger partial charge in [-0.3, -0.25) is 4.79 Å². The molecule has 0 saturated carbocycles. The number of hydrogen-bond donors (Lipinski definition) is 1. The summed E-state index contributed by atoms with van der Waals surface area (Å²) in [5, 5.41) is 7.55. The first-order valence-corrected chi connectivity index (χ1v) is 8.50. The van der Waals surface area contributed by atoms with E-state index in [1.165, 1.54) is 4.68 Å². The van der Waals surface area contributed by atoms with E-state index < -0.39 is 0 Å². The van der Waals surface area contributed by atoms with E-state index in [0.29, 0.717) is 17.1 Å². The summed E-state index contributed by atoms with van der Waals surface area (Å²) in [6.45, 7) is 2.20. The molecule has 0 spiro atoms. The molecule has 7 heteroatoms. The quantitative estimate of drug-likeness (QED) is 0.758. The van der Waals surface area contributed by atoms with Crippen molar-refractivity contribution in [3.05, 3.63) is 75.7 Å². The molecule has 1 aliphatic rings. The summed E-state index contributed by atoms with van der Waals surface area (Å²) in [5.74, 6) is 1.44. The highest BCUT2D eigenvalue weighted by Crippen LogP contribution is 2.35. The van der Waals surface area contributed by atoms with Gasteiger partial charge in [-0.15, -0.1) is 0 Å². The Hall–Kier alpha value is -2.99. The Kier molecular flexibility index (Phi) is 4.26. The Morgan fingerprint density at radius 3 is 2.73 bits per heavy atom. The second kappa shape index (κ2) is 6.72. The molecule has 1 atom stereocenters. The van der Waals surface area contributed by atoms with Crippen LogP contribution in [0.3, 0.4) is 0 Å². The molecule has 6 nitrogen and oxygen atoms in total. The first-order valence-electron chi connectivity index (χ1n) is 8.13. The monoisotopic (exact) mass is 369 g/mol. The van der Waals surface area contributed by atoms with Gasteiger partial charge in [-0.05, 0) is 36.8 Å². The average molecular weight is 370 g/mol. The molecule has 2 aromatic carbocycles. The molecule has 0 bridgehead atoms. The highest BCUT2D eigenvalue weighted by Gasteiger charge is 2.17. The summed E-state index contributed by atoms with van der Waals surface area (Å²) >= 11 is 6.29. The van der Waals surface area contributed by atoms with Crippen molar-refractivity contribution in [1.29, 1.82) is 0 Å². The van der Waals surface area contributed by atoms with Crippen LogP contribution < -0.4 is 20.3 Å². The summed E-state index contributed by atoms with van der Waals surface area (Å²) in [6.07, 6.45) is 1.56. The molecule has 0 fully saturated rings. The molecule has 0 aliphatic carbocycles. The molecule has 132 valence electrons. The van der Waals surface area contributed by atoms with Crippen LogP contribution in [0.15, 0.2) is 59.5 Å².